The van der Waals surface area contributed by atoms with Crippen LogP contribution in [-0.4, -0.2) is 18.2 Å². The summed E-state index contributed by atoms with van der Waals surface area (Å²) in [4.78, 5) is 24.2. The molecule has 2 aromatic carbocycles. The van der Waals surface area contributed by atoms with Crippen LogP contribution in [0, 0.1) is 5.92 Å². The van der Waals surface area contributed by atoms with Gasteiger partial charge in [0, 0.05) is 19.4 Å². The Balaban J connectivity index is 2.20. The van der Waals surface area contributed by atoms with E-state index in [1.807, 2.05) is 63.2 Å². The number of hydrogen-bond acceptors (Lipinski definition) is 3. The Kier molecular flexibility index (Phi) is 7.73. The lowest BCUT2D eigenvalue weighted by Crippen LogP contribution is -2.25. The fourth-order valence-corrected chi connectivity index (χ4v) is 3.14. The lowest BCUT2D eigenvalue weighted by molar-refractivity contribution is -0.132. The summed E-state index contributed by atoms with van der Waals surface area (Å²) in [6, 6.07) is 18.2. The Morgan fingerprint density at radius 2 is 1.35 bits per heavy atom. The summed E-state index contributed by atoms with van der Waals surface area (Å²) in [5.41, 5.74) is 3.19. The fourth-order valence-electron chi connectivity index (χ4n) is 3.14. The molecule has 1 atom stereocenters. The highest BCUT2D eigenvalue weighted by Gasteiger charge is 2.24. The van der Waals surface area contributed by atoms with Crippen molar-refractivity contribution in [3.63, 3.8) is 0 Å². The second kappa shape index (κ2) is 10.0. The first-order valence-electron chi connectivity index (χ1n) is 9.41. The van der Waals surface area contributed by atoms with Gasteiger partial charge in [-0.25, -0.2) is 0 Å². The monoisotopic (exact) mass is 352 g/mol. The van der Waals surface area contributed by atoms with Crippen LogP contribution in [-0.2, 0) is 20.7 Å². The highest BCUT2D eigenvalue weighted by atomic mass is 16.5. The molecule has 138 valence electrons. The van der Waals surface area contributed by atoms with E-state index in [1.165, 1.54) is 0 Å². The summed E-state index contributed by atoms with van der Waals surface area (Å²) in [7, 11) is 0. The number of carbonyl (C=O) groups is 2. The zero-order valence-electron chi connectivity index (χ0n) is 15.9. The predicted octanol–water partition coefficient (Wildman–Crippen LogP) is 4.93. The zero-order valence-corrected chi connectivity index (χ0v) is 15.9. The van der Waals surface area contributed by atoms with Crippen molar-refractivity contribution < 1.29 is 14.3 Å². The molecule has 3 heteroatoms. The Hall–Kier alpha value is -2.26. The van der Waals surface area contributed by atoms with Gasteiger partial charge in [0.15, 0.2) is 0 Å². The van der Waals surface area contributed by atoms with E-state index in [0.29, 0.717) is 25.9 Å². The smallest absolute Gasteiger partial charge is 0.143 e. The van der Waals surface area contributed by atoms with Crippen LogP contribution < -0.4 is 0 Å². The van der Waals surface area contributed by atoms with Gasteiger partial charge in [0.2, 0.25) is 0 Å². The average molecular weight is 352 g/mol. The second-order valence-electron chi connectivity index (χ2n) is 6.38. The second-order valence-corrected chi connectivity index (χ2v) is 6.38. The minimum absolute atomic E-state index is 0.0254. The molecule has 0 saturated carbocycles. The van der Waals surface area contributed by atoms with E-state index >= 15 is 0 Å². The van der Waals surface area contributed by atoms with E-state index in [9.17, 15) is 9.59 Å². The normalized spacial score (nSPS) is 12.2. The van der Waals surface area contributed by atoms with Crippen LogP contribution in [0.25, 0.3) is 0 Å². The molecule has 1 unspecified atom stereocenters. The highest BCUT2D eigenvalue weighted by molar-refractivity contribution is 6.02. The van der Waals surface area contributed by atoms with Crippen molar-refractivity contribution >= 4 is 11.6 Å². The molecule has 0 saturated heterocycles. The molecule has 0 radical (unpaired) electrons. The van der Waals surface area contributed by atoms with Crippen LogP contribution >= 0.6 is 0 Å². The van der Waals surface area contributed by atoms with E-state index in [1.54, 1.807) is 0 Å². The third-order valence-electron chi connectivity index (χ3n) is 4.63. The van der Waals surface area contributed by atoms with Crippen LogP contribution in [0.5, 0.6) is 0 Å². The fraction of sp³-hybridized carbons (Fsp3) is 0.391. The molecule has 0 heterocycles. The SMILES string of the molecule is CCOC(c1ccccc1)c1ccc(CC(C(=O)CC)C(=O)CC)cc1. The maximum atomic E-state index is 12.1. The number of hydrogen-bond donors (Lipinski definition) is 0. The van der Waals surface area contributed by atoms with E-state index in [2.05, 4.69) is 12.1 Å². The van der Waals surface area contributed by atoms with Gasteiger partial charge in [0.25, 0.3) is 0 Å². The lowest BCUT2D eigenvalue weighted by atomic mass is 9.88. The minimum Gasteiger partial charge on any atom is -0.369 e. The molecule has 26 heavy (non-hydrogen) atoms. The summed E-state index contributed by atoms with van der Waals surface area (Å²) in [5.74, 6) is -0.470. The number of carbonyl (C=O) groups excluding carboxylic acids is 2. The summed E-state index contributed by atoms with van der Waals surface area (Å²) >= 11 is 0. The molecule has 0 N–H and O–H groups in total. The molecular formula is C23H28O3. The largest absolute Gasteiger partial charge is 0.369 e. The molecule has 0 aromatic heterocycles. The Labute approximate surface area is 156 Å². The summed E-state index contributed by atoms with van der Waals surface area (Å²) in [6.45, 7) is 6.24. The third kappa shape index (κ3) is 5.12. The average Bonchev–Trinajstić information content (AvgIpc) is 2.70. The first-order valence-corrected chi connectivity index (χ1v) is 9.41. The third-order valence-corrected chi connectivity index (χ3v) is 4.63. The van der Waals surface area contributed by atoms with Gasteiger partial charge in [-0.3, -0.25) is 9.59 Å². The molecule has 0 fully saturated rings. The quantitative estimate of drug-likeness (QED) is 0.570. The van der Waals surface area contributed by atoms with Gasteiger partial charge in [0.05, 0.1) is 5.92 Å². The Bertz CT molecular complexity index is 688. The number of Topliss-reactive ketones (excluding diaryl/α,β-unsaturated/α-hetero) is 2. The van der Waals surface area contributed by atoms with E-state index in [4.69, 9.17) is 4.74 Å². The van der Waals surface area contributed by atoms with Crippen molar-refractivity contribution in [3.05, 3.63) is 71.3 Å². The van der Waals surface area contributed by atoms with Crippen molar-refractivity contribution in [1.82, 2.24) is 0 Å². The summed E-state index contributed by atoms with van der Waals surface area (Å²) in [6.07, 6.45) is 1.16. The van der Waals surface area contributed by atoms with Crippen LogP contribution in [0.1, 0.15) is 56.4 Å². The van der Waals surface area contributed by atoms with Crippen molar-refractivity contribution in [1.29, 1.82) is 0 Å². The number of ether oxygens (including phenoxy) is 1. The minimum atomic E-state index is -0.521. The Morgan fingerprint density at radius 3 is 1.85 bits per heavy atom. The van der Waals surface area contributed by atoms with Crippen molar-refractivity contribution in [3.8, 4) is 0 Å². The number of rotatable bonds is 10. The van der Waals surface area contributed by atoms with Gasteiger partial charge in [-0.2, -0.15) is 0 Å². The lowest BCUT2D eigenvalue weighted by Gasteiger charge is -2.19. The molecule has 0 amide bonds. The van der Waals surface area contributed by atoms with Gasteiger partial charge in [-0.15, -0.1) is 0 Å². The van der Waals surface area contributed by atoms with Crippen molar-refractivity contribution in [2.24, 2.45) is 5.92 Å². The molecule has 3 nitrogen and oxygen atoms in total. The maximum absolute atomic E-state index is 12.1. The van der Waals surface area contributed by atoms with Crippen LogP contribution in [0.3, 0.4) is 0 Å². The van der Waals surface area contributed by atoms with Gasteiger partial charge in [-0.05, 0) is 30.0 Å². The summed E-state index contributed by atoms with van der Waals surface area (Å²) in [5, 5.41) is 0. The van der Waals surface area contributed by atoms with Gasteiger partial charge >= 0.3 is 0 Å². The molecule has 0 aliphatic rings. The van der Waals surface area contributed by atoms with E-state index in [0.717, 1.165) is 16.7 Å². The molecular weight excluding hydrogens is 324 g/mol. The van der Waals surface area contributed by atoms with Gasteiger partial charge in [-0.1, -0.05) is 68.4 Å². The first kappa shape index (κ1) is 20.1. The zero-order chi connectivity index (χ0) is 18.9. The molecule has 0 spiro atoms. The topological polar surface area (TPSA) is 43.4 Å². The van der Waals surface area contributed by atoms with Crippen molar-refractivity contribution in [2.45, 2.75) is 46.1 Å². The number of benzene rings is 2. The maximum Gasteiger partial charge on any atom is 0.143 e. The standard InChI is InChI=1S/C23H28O3/c1-4-21(24)20(22(25)5-2)16-17-12-14-19(15-13-17)23(26-6-3)18-10-8-7-9-11-18/h7-15,20,23H,4-6,16H2,1-3H3. The van der Waals surface area contributed by atoms with Crippen LogP contribution in [0.4, 0.5) is 0 Å². The Morgan fingerprint density at radius 1 is 0.808 bits per heavy atom. The van der Waals surface area contributed by atoms with Gasteiger partial charge in [0.1, 0.15) is 17.7 Å². The molecule has 2 rings (SSSR count). The van der Waals surface area contributed by atoms with Crippen LogP contribution in [0.2, 0.25) is 0 Å². The molecule has 2 aromatic rings. The molecule has 0 aliphatic heterocycles. The summed E-state index contributed by atoms with van der Waals surface area (Å²) < 4.78 is 5.94. The molecule has 0 aliphatic carbocycles. The molecule has 0 bridgehead atoms. The number of ketones is 2. The van der Waals surface area contributed by atoms with Crippen molar-refractivity contribution in [2.75, 3.05) is 6.61 Å². The van der Waals surface area contributed by atoms with E-state index < -0.39 is 5.92 Å². The highest BCUT2D eigenvalue weighted by Crippen LogP contribution is 2.26. The van der Waals surface area contributed by atoms with Gasteiger partial charge < -0.3 is 4.74 Å². The van der Waals surface area contributed by atoms with E-state index in [-0.39, 0.29) is 17.7 Å². The van der Waals surface area contributed by atoms with Crippen LogP contribution in [0.15, 0.2) is 54.6 Å². The first-order chi connectivity index (χ1) is 12.6. The predicted molar refractivity (Wildman–Crippen MR) is 104 cm³/mol.